The number of carboxylic acid groups (broad SMARTS) is 1. The molecule has 2 N–H and O–H groups in total. The molecule has 86 valence electrons. The molecule has 0 aliphatic carbocycles. The summed E-state index contributed by atoms with van der Waals surface area (Å²) in [7, 11) is 0. The van der Waals surface area contributed by atoms with Crippen LogP contribution in [0.25, 0.3) is 0 Å². The Balaban J connectivity index is 2.81. The van der Waals surface area contributed by atoms with Crippen molar-refractivity contribution >= 4 is 34.5 Å². The van der Waals surface area contributed by atoms with Crippen molar-refractivity contribution in [2.24, 2.45) is 0 Å². The Bertz CT molecular complexity index is 431. The van der Waals surface area contributed by atoms with Crippen molar-refractivity contribution in [1.29, 1.82) is 0 Å². The van der Waals surface area contributed by atoms with Crippen LogP contribution in [-0.2, 0) is 4.79 Å². The number of hydrogen-bond donors (Lipinski definition) is 2. The number of aliphatic carboxylic acids is 1. The Labute approximate surface area is 107 Å². The zero-order valence-corrected chi connectivity index (χ0v) is 11.1. The maximum atomic E-state index is 11.6. The second-order valence-corrected chi connectivity index (χ2v) is 4.66. The first kappa shape index (κ1) is 13.0. The third kappa shape index (κ3) is 3.19. The quantitative estimate of drug-likeness (QED) is 0.829. The molecule has 0 saturated carbocycles. The normalized spacial score (nSPS) is 11.9. The van der Waals surface area contributed by atoms with E-state index in [-0.39, 0.29) is 5.91 Å². The SMILES string of the molecule is Cc1ccc(C(=O)N[C@H](C)C(=O)O)cc1I. The van der Waals surface area contributed by atoms with Crippen molar-refractivity contribution in [3.8, 4) is 0 Å². The molecule has 0 bridgehead atoms. The van der Waals surface area contributed by atoms with Gasteiger partial charge in [0.2, 0.25) is 0 Å². The first-order chi connectivity index (χ1) is 7.41. The van der Waals surface area contributed by atoms with Gasteiger partial charge in [-0.25, -0.2) is 0 Å². The minimum Gasteiger partial charge on any atom is -0.480 e. The van der Waals surface area contributed by atoms with Crippen LogP contribution in [0.15, 0.2) is 18.2 Å². The van der Waals surface area contributed by atoms with Gasteiger partial charge >= 0.3 is 5.97 Å². The predicted molar refractivity (Wildman–Crippen MR) is 68.5 cm³/mol. The lowest BCUT2D eigenvalue weighted by Crippen LogP contribution is -2.38. The van der Waals surface area contributed by atoms with Crippen LogP contribution in [0, 0.1) is 10.5 Å². The fraction of sp³-hybridized carbons (Fsp3) is 0.273. The van der Waals surface area contributed by atoms with Crippen molar-refractivity contribution in [3.05, 3.63) is 32.9 Å². The van der Waals surface area contributed by atoms with Crippen molar-refractivity contribution in [2.75, 3.05) is 0 Å². The van der Waals surface area contributed by atoms with Crippen LogP contribution in [-0.4, -0.2) is 23.0 Å². The second-order valence-electron chi connectivity index (χ2n) is 3.50. The van der Waals surface area contributed by atoms with Gasteiger partial charge in [0.25, 0.3) is 5.91 Å². The van der Waals surface area contributed by atoms with E-state index in [2.05, 4.69) is 27.9 Å². The van der Waals surface area contributed by atoms with Crippen molar-refractivity contribution in [2.45, 2.75) is 19.9 Å². The summed E-state index contributed by atoms with van der Waals surface area (Å²) >= 11 is 2.13. The van der Waals surface area contributed by atoms with E-state index in [1.807, 2.05) is 13.0 Å². The Hall–Kier alpha value is -1.11. The molecule has 0 radical (unpaired) electrons. The number of rotatable bonds is 3. The van der Waals surface area contributed by atoms with Gasteiger partial charge in [-0.2, -0.15) is 0 Å². The molecule has 5 heteroatoms. The third-order valence-electron chi connectivity index (χ3n) is 2.15. The fourth-order valence-corrected chi connectivity index (χ4v) is 1.59. The maximum absolute atomic E-state index is 11.6. The first-order valence-electron chi connectivity index (χ1n) is 4.71. The van der Waals surface area contributed by atoms with Crippen molar-refractivity contribution < 1.29 is 14.7 Å². The Morgan fingerprint density at radius 3 is 2.56 bits per heavy atom. The smallest absolute Gasteiger partial charge is 0.325 e. The average molecular weight is 333 g/mol. The van der Waals surface area contributed by atoms with E-state index in [0.29, 0.717) is 5.56 Å². The number of carboxylic acids is 1. The van der Waals surface area contributed by atoms with E-state index in [1.54, 1.807) is 12.1 Å². The van der Waals surface area contributed by atoms with E-state index >= 15 is 0 Å². The molecule has 0 aromatic heterocycles. The lowest BCUT2D eigenvalue weighted by Gasteiger charge is -2.09. The van der Waals surface area contributed by atoms with Gasteiger partial charge < -0.3 is 10.4 Å². The summed E-state index contributed by atoms with van der Waals surface area (Å²) in [6, 6.07) is 4.37. The van der Waals surface area contributed by atoms with E-state index in [9.17, 15) is 9.59 Å². The molecule has 0 spiro atoms. The lowest BCUT2D eigenvalue weighted by molar-refractivity contribution is -0.138. The molecule has 0 fully saturated rings. The summed E-state index contributed by atoms with van der Waals surface area (Å²) in [5, 5.41) is 11.1. The topological polar surface area (TPSA) is 66.4 Å². The zero-order valence-electron chi connectivity index (χ0n) is 8.95. The second kappa shape index (κ2) is 5.29. The number of hydrogen-bond acceptors (Lipinski definition) is 2. The molecule has 1 aromatic carbocycles. The molecule has 0 aliphatic heterocycles. The number of carbonyl (C=O) groups is 2. The predicted octanol–water partition coefficient (Wildman–Crippen LogP) is 1.80. The average Bonchev–Trinajstić information content (AvgIpc) is 2.21. The number of carbonyl (C=O) groups excluding carboxylic acids is 1. The van der Waals surface area contributed by atoms with Crippen molar-refractivity contribution in [3.63, 3.8) is 0 Å². The highest BCUT2D eigenvalue weighted by Gasteiger charge is 2.15. The van der Waals surface area contributed by atoms with Gasteiger partial charge in [-0.15, -0.1) is 0 Å². The first-order valence-corrected chi connectivity index (χ1v) is 5.79. The van der Waals surface area contributed by atoms with E-state index in [1.165, 1.54) is 6.92 Å². The molecule has 0 aliphatic rings. The van der Waals surface area contributed by atoms with Gasteiger partial charge in [0.15, 0.2) is 0 Å². The van der Waals surface area contributed by atoms with Crippen LogP contribution >= 0.6 is 22.6 Å². The Morgan fingerprint density at radius 1 is 1.44 bits per heavy atom. The molecule has 4 nitrogen and oxygen atoms in total. The third-order valence-corrected chi connectivity index (χ3v) is 3.31. The Kier molecular flexibility index (Phi) is 4.28. The summed E-state index contributed by atoms with van der Waals surface area (Å²) in [4.78, 5) is 22.2. The molecule has 16 heavy (non-hydrogen) atoms. The number of halogens is 1. The molecule has 0 heterocycles. The van der Waals surface area contributed by atoms with Gasteiger partial charge in [0.1, 0.15) is 6.04 Å². The molecule has 1 aromatic rings. The fourth-order valence-electron chi connectivity index (χ4n) is 1.08. The minimum absolute atomic E-state index is 0.368. The molecule has 1 atom stereocenters. The number of nitrogens with one attached hydrogen (secondary N) is 1. The highest BCUT2D eigenvalue weighted by Crippen LogP contribution is 2.13. The standard InChI is InChI=1S/C11H12INO3/c1-6-3-4-8(5-9(6)12)10(14)13-7(2)11(15)16/h3-5,7H,1-2H3,(H,13,14)(H,15,16)/t7-/m1/s1. The van der Waals surface area contributed by atoms with Crippen LogP contribution < -0.4 is 5.32 Å². The number of amides is 1. The van der Waals surface area contributed by atoms with Gasteiger partial charge in [-0.1, -0.05) is 6.07 Å². The summed E-state index contributed by atoms with van der Waals surface area (Å²) in [6.07, 6.45) is 0. The van der Waals surface area contributed by atoms with E-state index in [0.717, 1.165) is 9.13 Å². The van der Waals surface area contributed by atoms with Crippen LogP contribution in [0.1, 0.15) is 22.8 Å². The van der Waals surface area contributed by atoms with E-state index in [4.69, 9.17) is 5.11 Å². The zero-order chi connectivity index (χ0) is 12.3. The van der Waals surface area contributed by atoms with Crippen LogP contribution in [0.3, 0.4) is 0 Å². The highest BCUT2D eigenvalue weighted by atomic mass is 127. The largest absolute Gasteiger partial charge is 0.480 e. The number of benzene rings is 1. The van der Waals surface area contributed by atoms with Gasteiger partial charge in [0, 0.05) is 9.13 Å². The van der Waals surface area contributed by atoms with Gasteiger partial charge in [-0.3, -0.25) is 9.59 Å². The highest BCUT2D eigenvalue weighted by molar-refractivity contribution is 14.1. The Morgan fingerprint density at radius 2 is 2.06 bits per heavy atom. The minimum atomic E-state index is -1.05. The van der Waals surface area contributed by atoms with Crippen LogP contribution in [0.2, 0.25) is 0 Å². The summed E-state index contributed by atoms with van der Waals surface area (Å²) < 4.78 is 0.980. The van der Waals surface area contributed by atoms with Crippen LogP contribution in [0.5, 0.6) is 0 Å². The maximum Gasteiger partial charge on any atom is 0.325 e. The van der Waals surface area contributed by atoms with Gasteiger partial charge in [0.05, 0.1) is 0 Å². The van der Waals surface area contributed by atoms with Gasteiger partial charge in [-0.05, 0) is 54.1 Å². The molecule has 0 saturated heterocycles. The summed E-state index contributed by atoms with van der Waals surface area (Å²) in [5.41, 5.74) is 1.56. The molecule has 1 rings (SSSR count). The van der Waals surface area contributed by atoms with E-state index < -0.39 is 12.0 Å². The summed E-state index contributed by atoms with van der Waals surface area (Å²) in [5.74, 6) is -1.41. The lowest BCUT2D eigenvalue weighted by atomic mass is 10.1. The van der Waals surface area contributed by atoms with Crippen molar-refractivity contribution in [1.82, 2.24) is 5.32 Å². The monoisotopic (exact) mass is 333 g/mol. The number of aryl methyl sites for hydroxylation is 1. The van der Waals surface area contributed by atoms with Crippen LogP contribution in [0.4, 0.5) is 0 Å². The molecular formula is C11H12INO3. The summed E-state index contributed by atoms with van der Waals surface area (Å²) in [6.45, 7) is 3.38. The molecule has 0 unspecified atom stereocenters. The molecular weight excluding hydrogens is 321 g/mol. The molecule has 1 amide bonds.